The summed E-state index contributed by atoms with van der Waals surface area (Å²) in [6, 6.07) is 8.31. The smallest absolute Gasteiger partial charge is 0.196 e. The van der Waals surface area contributed by atoms with Gasteiger partial charge in [-0.1, -0.05) is 18.2 Å². The molecule has 2 aromatic rings. The Morgan fingerprint density at radius 3 is 3.06 bits per heavy atom. The van der Waals surface area contributed by atoms with Crippen LogP contribution in [-0.2, 0) is 0 Å². The van der Waals surface area contributed by atoms with Crippen LogP contribution in [0.1, 0.15) is 17.9 Å². The number of fused-ring (bicyclic) bond motifs is 3. The lowest BCUT2D eigenvalue weighted by Gasteiger charge is -2.28. The third kappa shape index (κ3) is 1.72. The normalized spacial score (nSPS) is 23.4. The fraction of sp³-hybridized carbons (Fsp3) is 0.385. The Balaban J connectivity index is 2.16. The standard InChI is InChI=1S/C13H16N2OS/c1-17-11-6-8(7-14)12-9-4-2-3-5-10(9)15-13(12)16-11/h2-5,8,11,15H,6-7,14H2,1H3/t8-,11-/m1/s1. The molecular weight excluding hydrogens is 232 g/mol. The molecule has 2 heterocycles. The molecule has 2 atom stereocenters. The Kier molecular flexibility index (Phi) is 2.76. The van der Waals surface area contributed by atoms with E-state index in [2.05, 4.69) is 29.4 Å². The van der Waals surface area contributed by atoms with Crippen LogP contribution in [0, 0.1) is 0 Å². The van der Waals surface area contributed by atoms with Crippen molar-refractivity contribution in [3.8, 4) is 5.88 Å². The van der Waals surface area contributed by atoms with Gasteiger partial charge in [0.05, 0.1) is 0 Å². The zero-order valence-electron chi connectivity index (χ0n) is 9.77. The fourth-order valence-corrected chi connectivity index (χ4v) is 3.14. The lowest BCUT2D eigenvalue weighted by atomic mass is 9.93. The average Bonchev–Trinajstić information content (AvgIpc) is 2.75. The van der Waals surface area contributed by atoms with Crippen molar-refractivity contribution in [2.24, 2.45) is 5.73 Å². The van der Waals surface area contributed by atoms with Gasteiger partial charge in [0.2, 0.25) is 0 Å². The lowest BCUT2D eigenvalue weighted by molar-refractivity contribution is 0.231. The summed E-state index contributed by atoms with van der Waals surface area (Å²) in [5, 5.41) is 1.25. The molecule has 1 aromatic carbocycles. The Labute approximate surface area is 105 Å². The Morgan fingerprint density at radius 1 is 1.47 bits per heavy atom. The van der Waals surface area contributed by atoms with E-state index in [0.717, 1.165) is 17.8 Å². The van der Waals surface area contributed by atoms with E-state index < -0.39 is 0 Å². The molecule has 0 bridgehead atoms. The van der Waals surface area contributed by atoms with E-state index >= 15 is 0 Å². The molecule has 0 unspecified atom stereocenters. The van der Waals surface area contributed by atoms with E-state index in [1.807, 2.05) is 6.07 Å². The molecule has 3 nitrogen and oxygen atoms in total. The van der Waals surface area contributed by atoms with E-state index in [9.17, 15) is 0 Å². The summed E-state index contributed by atoms with van der Waals surface area (Å²) >= 11 is 1.74. The third-order valence-electron chi connectivity index (χ3n) is 3.39. The molecule has 0 spiro atoms. The molecule has 1 aliphatic heterocycles. The summed E-state index contributed by atoms with van der Waals surface area (Å²) in [5.41, 5.74) is 8.51. The van der Waals surface area contributed by atoms with Crippen LogP contribution in [0.2, 0.25) is 0 Å². The molecule has 3 rings (SSSR count). The zero-order chi connectivity index (χ0) is 11.8. The van der Waals surface area contributed by atoms with Crippen molar-refractivity contribution in [1.29, 1.82) is 0 Å². The number of thioether (sulfide) groups is 1. The summed E-state index contributed by atoms with van der Waals surface area (Å²) in [6.45, 7) is 0.676. The quantitative estimate of drug-likeness (QED) is 0.859. The lowest BCUT2D eigenvalue weighted by Crippen LogP contribution is -2.26. The van der Waals surface area contributed by atoms with Gasteiger partial charge >= 0.3 is 0 Å². The second kappa shape index (κ2) is 4.27. The van der Waals surface area contributed by atoms with E-state index in [0.29, 0.717) is 12.5 Å². The highest BCUT2D eigenvalue weighted by molar-refractivity contribution is 7.99. The summed E-state index contributed by atoms with van der Waals surface area (Å²) in [7, 11) is 0. The van der Waals surface area contributed by atoms with Crippen LogP contribution in [-0.4, -0.2) is 23.2 Å². The topological polar surface area (TPSA) is 51.0 Å². The van der Waals surface area contributed by atoms with Gasteiger partial charge in [-0.15, -0.1) is 11.8 Å². The highest BCUT2D eigenvalue weighted by Gasteiger charge is 2.30. The largest absolute Gasteiger partial charge is 0.464 e. The SMILES string of the molecule is CS[C@@H]1C[C@H](CN)c2c([nH]c3ccccc23)O1. The highest BCUT2D eigenvalue weighted by atomic mass is 32.2. The number of benzene rings is 1. The molecule has 0 saturated carbocycles. The molecule has 1 aliphatic rings. The maximum Gasteiger partial charge on any atom is 0.196 e. The van der Waals surface area contributed by atoms with Crippen molar-refractivity contribution >= 4 is 22.7 Å². The van der Waals surface area contributed by atoms with E-state index in [-0.39, 0.29) is 5.44 Å². The minimum absolute atomic E-state index is 0.212. The van der Waals surface area contributed by atoms with Gasteiger partial charge in [0.1, 0.15) is 5.44 Å². The molecule has 90 valence electrons. The molecular formula is C13H16N2OS. The Bertz CT molecular complexity index is 537. The molecule has 4 heteroatoms. The molecule has 0 aliphatic carbocycles. The van der Waals surface area contributed by atoms with Crippen molar-refractivity contribution in [1.82, 2.24) is 4.98 Å². The van der Waals surface area contributed by atoms with Crippen LogP contribution in [0.4, 0.5) is 0 Å². The monoisotopic (exact) mass is 248 g/mol. The van der Waals surface area contributed by atoms with Crippen molar-refractivity contribution in [2.45, 2.75) is 17.8 Å². The molecule has 17 heavy (non-hydrogen) atoms. The number of nitrogens with two attached hydrogens (primary N) is 1. The summed E-state index contributed by atoms with van der Waals surface area (Å²) in [5.74, 6) is 1.31. The van der Waals surface area contributed by atoms with Crippen LogP contribution in [0.5, 0.6) is 5.88 Å². The number of aromatic nitrogens is 1. The van der Waals surface area contributed by atoms with Gasteiger partial charge in [0.25, 0.3) is 0 Å². The minimum Gasteiger partial charge on any atom is -0.464 e. The number of para-hydroxylation sites is 1. The van der Waals surface area contributed by atoms with Gasteiger partial charge < -0.3 is 15.5 Å². The first kappa shape index (κ1) is 11.0. The second-order valence-electron chi connectivity index (χ2n) is 4.36. The second-order valence-corrected chi connectivity index (χ2v) is 5.36. The number of ether oxygens (including phenoxy) is 1. The van der Waals surface area contributed by atoms with Crippen LogP contribution >= 0.6 is 11.8 Å². The number of hydrogen-bond donors (Lipinski definition) is 2. The van der Waals surface area contributed by atoms with Gasteiger partial charge in [0, 0.05) is 28.8 Å². The Hall–Kier alpha value is -1.13. The highest BCUT2D eigenvalue weighted by Crippen LogP contribution is 2.42. The van der Waals surface area contributed by atoms with Crippen molar-refractivity contribution in [3.63, 3.8) is 0 Å². The van der Waals surface area contributed by atoms with Crippen LogP contribution in [0.15, 0.2) is 24.3 Å². The molecule has 0 saturated heterocycles. The maximum absolute atomic E-state index is 5.95. The molecule has 0 fully saturated rings. The van der Waals surface area contributed by atoms with Crippen molar-refractivity contribution in [3.05, 3.63) is 29.8 Å². The van der Waals surface area contributed by atoms with Gasteiger partial charge in [-0.3, -0.25) is 0 Å². The van der Waals surface area contributed by atoms with Crippen LogP contribution in [0.25, 0.3) is 10.9 Å². The average molecular weight is 248 g/mol. The zero-order valence-corrected chi connectivity index (χ0v) is 10.6. The van der Waals surface area contributed by atoms with E-state index in [1.54, 1.807) is 11.8 Å². The van der Waals surface area contributed by atoms with Crippen LogP contribution < -0.4 is 10.5 Å². The number of hydrogen-bond acceptors (Lipinski definition) is 3. The van der Waals surface area contributed by atoms with Gasteiger partial charge in [-0.25, -0.2) is 0 Å². The van der Waals surface area contributed by atoms with Gasteiger partial charge in [-0.2, -0.15) is 0 Å². The predicted molar refractivity (Wildman–Crippen MR) is 72.6 cm³/mol. The molecule has 0 amide bonds. The summed E-state index contributed by atoms with van der Waals surface area (Å²) in [6.07, 6.45) is 3.07. The first-order chi connectivity index (χ1) is 8.33. The van der Waals surface area contributed by atoms with E-state index in [1.165, 1.54) is 10.9 Å². The van der Waals surface area contributed by atoms with Crippen LogP contribution in [0.3, 0.4) is 0 Å². The Morgan fingerprint density at radius 2 is 2.29 bits per heavy atom. The van der Waals surface area contributed by atoms with Gasteiger partial charge in [0.15, 0.2) is 5.88 Å². The number of nitrogens with one attached hydrogen (secondary N) is 1. The first-order valence-electron chi connectivity index (χ1n) is 5.83. The minimum atomic E-state index is 0.212. The fourth-order valence-electron chi connectivity index (χ4n) is 2.53. The van der Waals surface area contributed by atoms with E-state index in [4.69, 9.17) is 10.5 Å². The third-order valence-corrected chi connectivity index (χ3v) is 4.21. The number of rotatable bonds is 2. The summed E-state index contributed by atoms with van der Waals surface area (Å²) < 4.78 is 5.95. The number of H-pyrrole nitrogens is 1. The predicted octanol–water partition coefficient (Wildman–Crippen LogP) is 2.68. The van der Waals surface area contributed by atoms with Crippen molar-refractivity contribution < 1.29 is 4.74 Å². The molecule has 1 aromatic heterocycles. The summed E-state index contributed by atoms with van der Waals surface area (Å²) in [4.78, 5) is 3.35. The maximum atomic E-state index is 5.95. The number of aromatic amines is 1. The molecule has 3 N–H and O–H groups in total. The molecule has 0 radical (unpaired) electrons. The van der Waals surface area contributed by atoms with Gasteiger partial charge in [-0.05, 0) is 18.9 Å². The first-order valence-corrected chi connectivity index (χ1v) is 7.12. The van der Waals surface area contributed by atoms with Crippen molar-refractivity contribution in [2.75, 3.05) is 12.8 Å².